The summed E-state index contributed by atoms with van der Waals surface area (Å²) < 4.78 is 27.0. The van der Waals surface area contributed by atoms with Crippen LogP contribution in [0.2, 0.25) is 0 Å². The Hall–Kier alpha value is -0.920. The third-order valence-corrected chi connectivity index (χ3v) is 6.14. The fourth-order valence-corrected chi connectivity index (χ4v) is 4.10. The Kier molecular flexibility index (Phi) is 5.06. The van der Waals surface area contributed by atoms with E-state index in [2.05, 4.69) is 29.4 Å². The zero-order chi connectivity index (χ0) is 15.6. The number of aromatic amines is 1. The van der Waals surface area contributed by atoms with E-state index < -0.39 is 10.0 Å². The van der Waals surface area contributed by atoms with Crippen LogP contribution >= 0.6 is 0 Å². The number of hydrogen-bond acceptors (Lipinski definition) is 4. The van der Waals surface area contributed by atoms with Crippen LogP contribution in [-0.4, -0.2) is 43.1 Å². The average Bonchev–Trinajstić information content (AvgIpc) is 2.96. The number of aromatic nitrogens is 2. The predicted octanol–water partition coefficient (Wildman–Crippen LogP) is 1.49. The second kappa shape index (κ2) is 6.46. The molecule has 2 unspecified atom stereocenters. The highest BCUT2D eigenvalue weighted by Gasteiger charge is 2.37. The normalized spacial score (nSPS) is 22.0. The van der Waals surface area contributed by atoms with Gasteiger partial charge in [0, 0.05) is 20.1 Å². The van der Waals surface area contributed by atoms with Crippen LogP contribution in [0.25, 0.3) is 0 Å². The molecule has 1 aromatic heterocycles. The van der Waals surface area contributed by atoms with E-state index in [0.717, 1.165) is 19.4 Å². The van der Waals surface area contributed by atoms with E-state index in [1.54, 1.807) is 14.0 Å². The fraction of sp³-hybridized carbons (Fsp3) is 0.786. The van der Waals surface area contributed by atoms with Gasteiger partial charge in [-0.25, -0.2) is 12.7 Å². The van der Waals surface area contributed by atoms with Crippen LogP contribution in [-0.2, 0) is 16.6 Å². The number of hydrogen-bond donors (Lipinski definition) is 2. The molecule has 1 aliphatic carbocycles. The van der Waals surface area contributed by atoms with Gasteiger partial charge in [-0.05, 0) is 38.1 Å². The maximum absolute atomic E-state index is 12.8. The zero-order valence-electron chi connectivity index (χ0n) is 13.3. The smallest absolute Gasteiger partial charge is 0.246 e. The van der Waals surface area contributed by atoms with Gasteiger partial charge in [-0.2, -0.15) is 5.10 Å². The van der Waals surface area contributed by atoms with Gasteiger partial charge >= 0.3 is 0 Å². The number of aryl methyl sites for hydroxylation is 1. The van der Waals surface area contributed by atoms with Gasteiger partial charge in [0.05, 0.1) is 11.4 Å². The van der Waals surface area contributed by atoms with Crippen LogP contribution < -0.4 is 5.32 Å². The maximum Gasteiger partial charge on any atom is 0.246 e. The first-order valence-corrected chi connectivity index (χ1v) is 9.02. The minimum atomic E-state index is -3.47. The summed E-state index contributed by atoms with van der Waals surface area (Å²) in [6, 6.07) is 0. The van der Waals surface area contributed by atoms with Gasteiger partial charge in [0.15, 0.2) is 0 Å². The SMILES string of the molecule is CCCNCc1n[nH]c(C)c1S(=O)(=O)N(C)CC1CC1C. The lowest BCUT2D eigenvalue weighted by Gasteiger charge is -2.17. The Morgan fingerprint density at radius 2 is 2.14 bits per heavy atom. The molecular formula is C14H26N4O2S. The second-order valence-electron chi connectivity index (χ2n) is 6.06. The van der Waals surface area contributed by atoms with E-state index in [9.17, 15) is 8.42 Å². The number of sulfonamides is 1. The lowest BCUT2D eigenvalue weighted by atomic mass is 10.3. The van der Waals surface area contributed by atoms with Crippen LogP contribution in [0.5, 0.6) is 0 Å². The molecule has 2 rings (SSSR count). The third kappa shape index (κ3) is 3.64. The van der Waals surface area contributed by atoms with E-state index in [0.29, 0.717) is 41.2 Å². The van der Waals surface area contributed by atoms with Crippen molar-refractivity contribution < 1.29 is 8.42 Å². The Morgan fingerprint density at radius 3 is 2.71 bits per heavy atom. The molecule has 0 saturated heterocycles. The van der Waals surface area contributed by atoms with Gasteiger partial charge in [-0.3, -0.25) is 5.10 Å². The largest absolute Gasteiger partial charge is 0.311 e. The molecule has 7 heteroatoms. The van der Waals surface area contributed by atoms with Crippen molar-refractivity contribution in [1.82, 2.24) is 19.8 Å². The van der Waals surface area contributed by atoms with E-state index >= 15 is 0 Å². The highest BCUT2D eigenvalue weighted by Crippen LogP contribution is 2.39. The molecule has 0 bridgehead atoms. The fourth-order valence-electron chi connectivity index (χ4n) is 2.55. The molecule has 21 heavy (non-hydrogen) atoms. The minimum absolute atomic E-state index is 0.335. The van der Waals surface area contributed by atoms with Gasteiger partial charge in [0.2, 0.25) is 10.0 Å². The Balaban J connectivity index is 2.16. The summed E-state index contributed by atoms with van der Waals surface area (Å²) >= 11 is 0. The predicted molar refractivity (Wildman–Crippen MR) is 82.4 cm³/mol. The van der Waals surface area contributed by atoms with Crippen LogP contribution in [0, 0.1) is 18.8 Å². The summed E-state index contributed by atoms with van der Waals surface area (Å²) in [5, 5.41) is 10.2. The molecule has 120 valence electrons. The molecule has 6 nitrogen and oxygen atoms in total. The number of nitrogens with one attached hydrogen (secondary N) is 2. The van der Waals surface area contributed by atoms with E-state index in [4.69, 9.17) is 0 Å². The first kappa shape index (κ1) is 16.5. The monoisotopic (exact) mass is 314 g/mol. The molecule has 0 radical (unpaired) electrons. The Labute approximate surface area is 127 Å². The molecule has 1 fully saturated rings. The van der Waals surface area contributed by atoms with Crippen LogP contribution in [0.1, 0.15) is 38.1 Å². The summed E-state index contributed by atoms with van der Waals surface area (Å²) in [4.78, 5) is 0.335. The summed E-state index contributed by atoms with van der Waals surface area (Å²) in [5.41, 5.74) is 1.19. The summed E-state index contributed by atoms with van der Waals surface area (Å²) in [7, 11) is -1.81. The van der Waals surface area contributed by atoms with Crippen molar-refractivity contribution >= 4 is 10.0 Å². The van der Waals surface area contributed by atoms with Gasteiger partial charge in [0.1, 0.15) is 4.90 Å². The highest BCUT2D eigenvalue weighted by molar-refractivity contribution is 7.89. The lowest BCUT2D eigenvalue weighted by Crippen LogP contribution is -2.30. The molecule has 2 atom stereocenters. The number of rotatable bonds is 8. The summed E-state index contributed by atoms with van der Waals surface area (Å²) in [6.07, 6.45) is 2.13. The van der Waals surface area contributed by atoms with Crippen LogP contribution in [0.4, 0.5) is 0 Å². The van der Waals surface area contributed by atoms with Gasteiger partial charge in [-0.15, -0.1) is 0 Å². The standard InChI is InChI=1S/C14H26N4O2S/c1-5-6-15-8-13-14(11(3)16-17-13)21(19,20)18(4)9-12-7-10(12)2/h10,12,15H,5-9H2,1-4H3,(H,16,17). The number of H-pyrrole nitrogens is 1. The van der Waals surface area contributed by atoms with Gasteiger partial charge in [-0.1, -0.05) is 13.8 Å². The molecule has 0 aromatic carbocycles. The average molecular weight is 314 g/mol. The third-order valence-electron chi connectivity index (χ3n) is 4.12. The highest BCUT2D eigenvalue weighted by atomic mass is 32.2. The van der Waals surface area contributed by atoms with Crippen molar-refractivity contribution in [2.24, 2.45) is 11.8 Å². The van der Waals surface area contributed by atoms with Crippen molar-refractivity contribution in [1.29, 1.82) is 0 Å². The topological polar surface area (TPSA) is 78.1 Å². The first-order chi connectivity index (χ1) is 9.87. The Bertz CT molecular complexity index is 582. The number of nitrogens with zero attached hydrogens (tertiary/aromatic N) is 2. The lowest BCUT2D eigenvalue weighted by molar-refractivity contribution is 0.443. The van der Waals surface area contributed by atoms with Crippen LogP contribution in [0.3, 0.4) is 0 Å². The molecule has 1 saturated carbocycles. The first-order valence-electron chi connectivity index (χ1n) is 7.58. The quantitative estimate of drug-likeness (QED) is 0.713. The van der Waals surface area contributed by atoms with Crippen LogP contribution in [0.15, 0.2) is 4.90 Å². The van der Waals surface area contributed by atoms with Gasteiger partial charge in [0.25, 0.3) is 0 Å². The molecule has 1 heterocycles. The second-order valence-corrected chi connectivity index (χ2v) is 8.04. The molecular weight excluding hydrogens is 288 g/mol. The molecule has 0 amide bonds. The van der Waals surface area contributed by atoms with E-state index in [1.807, 2.05) is 0 Å². The maximum atomic E-state index is 12.8. The van der Waals surface area contributed by atoms with E-state index in [-0.39, 0.29) is 0 Å². The molecule has 2 N–H and O–H groups in total. The molecule has 0 spiro atoms. The molecule has 0 aliphatic heterocycles. The van der Waals surface area contributed by atoms with Crippen molar-refractivity contribution in [3.63, 3.8) is 0 Å². The van der Waals surface area contributed by atoms with Crippen molar-refractivity contribution in [2.45, 2.75) is 45.1 Å². The summed E-state index contributed by atoms with van der Waals surface area (Å²) in [6.45, 7) is 7.91. The molecule has 1 aliphatic rings. The zero-order valence-corrected chi connectivity index (χ0v) is 14.1. The van der Waals surface area contributed by atoms with Crippen molar-refractivity contribution in [2.75, 3.05) is 20.1 Å². The minimum Gasteiger partial charge on any atom is -0.311 e. The van der Waals surface area contributed by atoms with E-state index in [1.165, 1.54) is 4.31 Å². The summed E-state index contributed by atoms with van der Waals surface area (Å²) in [5.74, 6) is 1.14. The van der Waals surface area contributed by atoms with Crippen molar-refractivity contribution in [3.05, 3.63) is 11.4 Å². The molecule has 1 aromatic rings. The van der Waals surface area contributed by atoms with Crippen molar-refractivity contribution in [3.8, 4) is 0 Å². The van der Waals surface area contributed by atoms with Gasteiger partial charge < -0.3 is 5.32 Å². The Morgan fingerprint density at radius 1 is 1.48 bits per heavy atom.